The molecule has 0 radical (unpaired) electrons. The SMILES string of the molecule is Cc1ccc(N2C(=S)N(c3ccc(C#N)c(C(F)(F)F)c3)/C(=N\C(=S)Nc3ccccc3)C23CCC3)cc1. The molecule has 0 unspecified atom stereocenters. The molecule has 0 aromatic heterocycles. The third-order valence-electron chi connectivity index (χ3n) is 6.83. The molecule has 38 heavy (non-hydrogen) atoms. The quantitative estimate of drug-likeness (QED) is 0.348. The van der Waals surface area contributed by atoms with Gasteiger partial charge in [-0.1, -0.05) is 35.9 Å². The Hall–Kier alpha value is -3.81. The van der Waals surface area contributed by atoms with Crippen LogP contribution in [0.25, 0.3) is 0 Å². The molecule has 3 aromatic rings. The minimum absolute atomic E-state index is 0.167. The zero-order valence-electron chi connectivity index (χ0n) is 20.3. The highest BCUT2D eigenvalue weighted by atomic mass is 32.1. The van der Waals surface area contributed by atoms with Crippen LogP contribution < -0.4 is 15.1 Å². The molecular weight excluding hydrogens is 527 g/mol. The topological polar surface area (TPSA) is 54.7 Å². The second-order valence-corrected chi connectivity index (χ2v) is 10.00. The Balaban J connectivity index is 1.66. The summed E-state index contributed by atoms with van der Waals surface area (Å²) in [6.07, 6.45) is -2.41. The van der Waals surface area contributed by atoms with E-state index in [1.54, 1.807) is 11.0 Å². The molecule has 10 heteroatoms. The fourth-order valence-electron chi connectivity index (χ4n) is 4.85. The van der Waals surface area contributed by atoms with Gasteiger partial charge in [-0.25, -0.2) is 4.99 Å². The molecule has 1 N–H and O–H groups in total. The first-order valence-corrected chi connectivity index (χ1v) is 12.7. The minimum Gasteiger partial charge on any atom is -0.331 e. The van der Waals surface area contributed by atoms with Gasteiger partial charge in [0.15, 0.2) is 10.2 Å². The monoisotopic (exact) mass is 549 g/mol. The zero-order valence-corrected chi connectivity index (χ0v) is 21.9. The maximum Gasteiger partial charge on any atom is 0.417 e. The van der Waals surface area contributed by atoms with Gasteiger partial charge in [0.25, 0.3) is 0 Å². The van der Waals surface area contributed by atoms with E-state index in [1.807, 2.05) is 66.4 Å². The van der Waals surface area contributed by atoms with Gasteiger partial charge in [0.1, 0.15) is 11.4 Å². The van der Waals surface area contributed by atoms with E-state index in [-0.39, 0.29) is 10.8 Å². The number of nitrogens with zero attached hydrogens (tertiary/aromatic N) is 4. The van der Waals surface area contributed by atoms with E-state index >= 15 is 0 Å². The van der Waals surface area contributed by atoms with Crippen LogP contribution in [0, 0.1) is 18.3 Å². The highest BCUT2D eigenvalue weighted by Gasteiger charge is 2.58. The van der Waals surface area contributed by atoms with Crippen LogP contribution in [0.2, 0.25) is 0 Å². The molecule has 3 aromatic carbocycles. The van der Waals surface area contributed by atoms with Crippen LogP contribution in [0.5, 0.6) is 0 Å². The lowest BCUT2D eigenvalue weighted by Crippen LogP contribution is -2.55. The highest BCUT2D eigenvalue weighted by molar-refractivity contribution is 7.81. The van der Waals surface area contributed by atoms with Gasteiger partial charge in [-0.3, -0.25) is 4.90 Å². The van der Waals surface area contributed by atoms with Gasteiger partial charge in [0.05, 0.1) is 22.9 Å². The molecule has 5 nitrogen and oxygen atoms in total. The normalized spacial score (nSPS) is 17.4. The first kappa shape index (κ1) is 25.8. The third kappa shape index (κ3) is 4.52. The van der Waals surface area contributed by atoms with Crippen molar-refractivity contribution in [3.05, 3.63) is 89.5 Å². The third-order valence-corrected chi connectivity index (χ3v) is 7.39. The number of aryl methyl sites for hydroxylation is 1. The van der Waals surface area contributed by atoms with E-state index in [0.29, 0.717) is 23.8 Å². The number of para-hydroxylation sites is 1. The Bertz CT molecular complexity index is 1470. The summed E-state index contributed by atoms with van der Waals surface area (Å²) < 4.78 is 41.7. The second-order valence-electron chi connectivity index (χ2n) is 9.25. The number of benzene rings is 3. The summed E-state index contributed by atoms with van der Waals surface area (Å²) >= 11 is 11.5. The Labute approximate surface area is 229 Å². The van der Waals surface area contributed by atoms with E-state index in [2.05, 4.69) is 5.32 Å². The summed E-state index contributed by atoms with van der Waals surface area (Å²) in [6.45, 7) is 1.98. The molecule has 1 heterocycles. The summed E-state index contributed by atoms with van der Waals surface area (Å²) in [4.78, 5) is 8.30. The maximum absolute atomic E-state index is 13.9. The number of halogens is 3. The average Bonchev–Trinajstić information content (AvgIpc) is 3.12. The van der Waals surface area contributed by atoms with Crippen molar-refractivity contribution in [2.45, 2.75) is 37.9 Å². The van der Waals surface area contributed by atoms with Crippen molar-refractivity contribution >= 4 is 57.6 Å². The van der Waals surface area contributed by atoms with Gasteiger partial charge < -0.3 is 10.2 Å². The first-order valence-electron chi connectivity index (χ1n) is 11.9. The molecule has 1 aliphatic heterocycles. The molecule has 1 aliphatic carbocycles. The number of anilines is 3. The van der Waals surface area contributed by atoms with Gasteiger partial charge in [0, 0.05) is 11.4 Å². The fraction of sp³-hybridized carbons (Fsp3) is 0.214. The number of amidine groups is 1. The minimum atomic E-state index is -4.71. The van der Waals surface area contributed by atoms with Gasteiger partial charge in [0.2, 0.25) is 0 Å². The predicted molar refractivity (Wildman–Crippen MR) is 152 cm³/mol. The van der Waals surface area contributed by atoms with Crippen molar-refractivity contribution in [3.8, 4) is 6.07 Å². The van der Waals surface area contributed by atoms with Gasteiger partial charge in [-0.05, 0) is 93.1 Å². The summed E-state index contributed by atoms with van der Waals surface area (Å²) in [6, 6.07) is 22.3. The van der Waals surface area contributed by atoms with Gasteiger partial charge in [-0.2, -0.15) is 18.4 Å². The lowest BCUT2D eigenvalue weighted by molar-refractivity contribution is -0.137. The van der Waals surface area contributed by atoms with E-state index in [1.165, 1.54) is 12.1 Å². The van der Waals surface area contributed by atoms with Crippen LogP contribution in [0.1, 0.15) is 36.0 Å². The number of hydrogen-bond donors (Lipinski definition) is 1. The summed E-state index contributed by atoms with van der Waals surface area (Å²) in [5.74, 6) is 0.459. The number of thiocarbonyl (C=S) groups is 2. The van der Waals surface area contributed by atoms with Crippen molar-refractivity contribution in [2.24, 2.45) is 4.99 Å². The van der Waals surface area contributed by atoms with Crippen LogP contribution in [0.3, 0.4) is 0 Å². The highest BCUT2D eigenvalue weighted by Crippen LogP contribution is 2.49. The van der Waals surface area contributed by atoms with Crippen LogP contribution in [-0.4, -0.2) is 21.6 Å². The van der Waals surface area contributed by atoms with Crippen molar-refractivity contribution in [2.75, 3.05) is 15.1 Å². The Morgan fingerprint density at radius 2 is 1.68 bits per heavy atom. The smallest absolute Gasteiger partial charge is 0.331 e. The van der Waals surface area contributed by atoms with Crippen molar-refractivity contribution in [1.29, 1.82) is 5.26 Å². The van der Waals surface area contributed by atoms with Crippen LogP contribution in [0.15, 0.2) is 77.8 Å². The Morgan fingerprint density at radius 1 is 1.03 bits per heavy atom. The largest absolute Gasteiger partial charge is 0.417 e. The van der Waals surface area contributed by atoms with Crippen LogP contribution in [0.4, 0.5) is 30.2 Å². The Kier molecular flexibility index (Phi) is 6.67. The standard InChI is InChI=1S/C28H22F3N5S2/c1-18-8-11-21(12-9-18)36-26(38)35(22-13-10-19(17-32)23(16-22)28(29,30)31)24(27(36)14-5-15-27)34-25(37)33-20-6-3-2-4-7-20/h2-4,6-13,16H,5,14-15H2,1H3,(H,33,37)/b34-24-. The first-order chi connectivity index (χ1) is 18.1. The summed E-state index contributed by atoms with van der Waals surface area (Å²) in [7, 11) is 0. The molecule has 1 saturated heterocycles. The van der Waals surface area contributed by atoms with E-state index < -0.39 is 22.8 Å². The maximum atomic E-state index is 13.9. The van der Waals surface area contributed by atoms with Crippen molar-refractivity contribution in [3.63, 3.8) is 0 Å². The van der Waals surface area contributed by atoms with Gasteiger partial charge >= 0.3 is 6.18 Å². The molecular formula is C28H22F3N5S2. The molecule has 5 rings (SSSR count). The summed E-state index contributed by atoms with van der Waals surface area (Å²) in [5, 5.41) is 12.9. The molecule has 2 fully saturated rings. The lowest BCUT2D eigenvalue weighted by Gasteiger charge is -2.44. The zero-order chi connectivity index (χ0) is 27.1. The number of aliphatic imine (C=N–C) groups is 1. The molecule has 1 spiro atoms. The average molecular weight is 550 g/mol. The summed E-state index contributed by atoms with van der Waals surface area (Å²) in [5.41, 5.74) is 0.653. The van der Waals surface area contributed by atoms with Crippen molar-refractivity contribution in [1.82, 2.24) is 0 Å². The number of nitriles is 1. The number of hydrogen-bond acceptors (Lipinski definition) is 3. The molecule has 0 bridgehead atoms. The van der Waals surface area contributed by atoms with E-state index in [0.717, 1.165) is 29.4 Å². The van der Waals surface area contributed by atoms with Gasteiger partial charge in [-0.15, -0.1) is 0 Å². The predicted octanol–water partition coefficient (Wildman–Crippen LogP) is 7.22. The molecule has 0 amide bonds. The van der Waals surface area contributed by atoms with E-state index in [4.69, 9.17) is 29.4 Å². The van der Waals surface area contributed by atoms with Crippen molar-refractivity contribution < 1.29 is 13.2 Å². The Morgan fingerprint density at radius 3 is 2.26 bits per heavy atom. The van der Waals surface area contributed by atoms with Crippen LogP contribution >= 0.6 is 24.4 Å². The number of alkyl halides is 3. The molecule has 192 valence electrons. The molecule has 0 atom stereocenters. The number of nitrogens with one attached hydrogen (secondary N) is 1. The van der Waals surface area contributed by atoms with E-state index in [9.17, 15) is 18.4 Å². The molecule has 1 saturated carbocycles. The molecule has 2 aliphatic rings. The fourth-order valence-corrected chi connectivity index (χ4v) is 5.53. The van der Waals surface area contributed by atoms with Crippen LogP contribution in [-0.2, 0) is 6.18 Å². The number of rotatable bonds is 3. The second kappa shape index (κ2) is 9.82. The lowest BCUT2D eigenvalue weighted by atomic mass is 9.74.